The summed E-state index contributed by atoms with van der Waals surface area (Å²) in [6.45, 7) is 0.552. The van der Waals surface area contributed by atoms with Crippen LogP contribution >= 0.6 is 0 Å². The zero-order valence-electron chi connectivity index (χ0n) is 18.0. The zero-order chi connectivity index (χ0) is 23.5. The molecule has 3 amide bonds. The molecule has 0 atom stereocenters. The van der Waals surface area contributed by atoms with Crippen molar-refractivity contribution < 1.29 is 33.4 Å². The van der Waals surface area contributed by atoms with Gasteiger partial charge in [-0.05, 0) is 48.9 Å². The second-order valence-electron chi connectivity index (χ2n) is 6.60. The number of hydrogen-bond acceptors (Lipinski definition) is 7. The molecule has 0 aliphatic heterocycles. The van der Waals surface area contributed by atoms with Crippen LogP contribution in [0.4, 0.5) is 5.69 Å². The maximum atomic E-state index is 12.0. The number of anilines is 1. The number of nitrogens with one attached hydrogen (secondary N) is 3. The molecule has 0 fully saturated rings. The fourth-order valence-corrected chi connectivity index (χ4v) is 2.54. The Balaban J connectivity index is 1.68. The van der Waals surface area contributed by atoms with Crippen molar-refractivity contribution >= 4 is 29.4 Å². The highest BCUT2D eigenvalue weighted by Crippen LogP contribution is 2.24. The smallest absolute Gasteiger partial charge is 0.325 e. The Morgan fingerprint density at radius 3 is 2.22 bits per heavy atom. The third kappa shape index (κ3) is 7.63. The second-order valence-corrected chi connectivity index (χ2v) is 6.60. The van der Waals surface area contributed by atoms with E-state index in [9.17, 15) is 19.2 Å². The maximum absolute atomic E-state index is 12.0. The van der Waals surface area contributed by atoms with Crippen LogP contribution in [0.15, 0.2) is 42.5 Å². The Morgan fingerprint density at radius 1 is 0.844 bits per heavy atom. The lowest BCUT2D eigenvalue weighted by Crippen LogP contribution is -2.37. The summed E-state index contributed by atoms with van der Waals surface area (Å²) in [4.78, 5) is 47.6. The number of hydrogen-bond donors (Lipinski definition) is 3. The molecule has 10 heteroatoms. The standard InChI is InChI=1S/C22H25N3O7/c1-14-4-9-18(31-3)17(10-14)25-19(26)11-23-20(27)13-32-21(28)12-24-22(29)15-5-7-16(30-2)8-6-15/h4-10H,11-13H2,1-3H3,(H,23,27)(H,24,29)(H,25,26). The number of carbonyl (C=O) groups is 4. The molecule has 0 radical (unpaired) electrons. The van der Waals surface area contributed by atoms with Crippen LogP contribution in [0.2, 0.25) is 0 Å². The summed E-state index contributed by atoms with van der Waals surface area (Å²) >= 11 is 0. The van der Waals surface area contributed by atoms with E-state index in [-0.39, 0.29) is 6.54 Å². The van der Waals surface area contributed by atoms with Crippen molar-refractivity contribution in [3.05, 3.63) is 53.6 Å². The van der Waals surface area contributed by atoms with Crippen LogP contribution in [0.3, 0.4) is 0 Å². The molecule has 0 heterocycles. The van der Waals surface area contributed by atoms with Crippen LogP contribution in [0.5, 0.6) is 11.5 Å². The molecule has 0 saturated carbocycles. The average Bonchev–Trinajstić information content (AvgIpc) is 2.80. The van der Waals surface area contributed by atoms with Crippen molar-refractivity contribution in [1.82, 2.24) is 10.6 Å². The summed E-state index contributed by atoms with van der Waals surface area (Å²) in [6.07, 6.45) is 0. The van der Waals surface area contributed by atoms with Crippen LogP contribution in [0.25, 0.3) is 0 Å². The minimum Gasteiger partial charge on any atom is -0.497 e. The van der Waals surface area contributed by atoms with E-state index in [2.05, 4.69) is 16.0 Å². The molecule has 0 bridgehead atoms. The molecule has 3 N–H and O–H groups in total. The SMILES string of the molecule is COc1ccc(C(=O)NCC(=O)OCC(=O)NCC(=O)Nc2cc(C)ccc2OC)cc1. The number of rotatable bonds is 10. The summed E-state index contributed by atoms with van der Waals surface area (Å²) in [5.41, 5.74) is 1.74. The Kier molecular flexibility index (Phi) is 9.03. The number of benzene rings is 2. The number of amides is 3. The lowest BCUT2D eigenvalue weighted by Gasteiger charge is -2.11. The first-order valence-corrected chi connectivity index (χ1v) is 9.61. The first-order valence-electron chi connectivity index (χ1n) is 9.61. The molecule has 2 rings (SSSR count). The topological polar surface area (TPSA) is 132 Å². The zero-order valence-corrected chi connectivity index (χ0v) is 18.0. The van der Waals surface area contributed by atoms with Gasteiger partial charge in [0, 0.05) is 5.56 Å². The van der Waals surface area contributed by atoms with Crippen molar-refractivity contribution in [3.63, 3.8) is 0 Å². The highest BCUT2D eigenvalue weighted by Gasteiger charge is 2.13. The van der Waals surface area contributed by atoms with Gasteiger partial charge >= 0.3 is 5.97 Å². The van der Waals surface area contributed by atoms with Gasteiger partial charge in [0.25, 0.3) is 11.8 Å². The molecule has 2 aromatic rings. The van der Waals surface area contributed by atoms with Gasteiger partial charge < -0.3 is 30.2 Å². The van der Waals surface area contributed by atoms with Gasteiger partial charge in [0.1, 0.15) is 18.0 Å². The molecule has 170 valence electrons. The van der Waals surface area contributed by atoms with Crippen molar-refractivity contribution in [1.29, 1.82) is 0 Å². The number of methoxy groups -OCH3 is 2. The van der Waals surface area contributed by atoms with Crippen LogP contribution in [-0.2, 0) is 19.1 Å². The van der Waals surface area contributed by atoms with Gasteiger partial charge in [-0.1, -0.05) is 6.07 Å². The Morgan fingerprint density at radius 2 is 1.56 bits per heavy atom. The van der Waals surface area contributed by atoms with Gasteiger partial charge in [-0.2, -0.15) is 0 Å². The van der Waals surface area contributed by atoms with Crippen LogP contribution in [-0.4, -0.2) is 57.6 Å². The minimum absolute atomic E-state index is 0.318. The highest BCUT2D eigenvalue weighted by molar-refractivity contribution is 5.97. The Labute approximate surface area is 185 Å². The Bertz CT molecular complexity index is 974. The molecule has 10 nitrogen and oxygen atoms in total. The third-order valence-corrected chi connectivity index (χ3v) is 4.18. The monoisotopic (exact) mass is 443 g/mol. The lowest BCUT2D eigenvalue weighted by atomic mass is 10.2. The largest absolute Gasteiger partial charge is 0.497 e. The molecule has 0 aromatic heterocycles. The molecular weight excluding hydrogens is 418 g/mol. The fourth-order valence-electron chi connectivity index (χ4n) is 2.54. The van der Waals surface area contributed by atoms with Crippen molar-refractivity contribution in [2.75, 3.05) is 39.2 Å². The fraction of sp³-hybridized carbons (Fsp3) is 0.273. The summed E-state index contributed by atoms with van der Waals surface area (Å²) in [5.74, 6) is -1.32. The van der Waals surface area contributed by atoms with Gasteiger partial charge in [-0.15, -0.1) is 0 Å². The summed E-state index contributed by atoms with van der Waals surface area (Å²) in [7, 11) is 2.99. The van der Waals surface area contributed by atoms with Crippen LogP contribution < -0.4 is 25.4 Å². The summed E-state index contributed by atoms with van der Waals surface area (Å²) in [6, 6.07) is 11.6. The molecule has 0 aliphatic carbocycles. The second kappa shape index (κ2) is 11.9. The van der Waals surface area contributed by atoms with E-state index in [1.54, 1.807) is 36.4 Å². The molecule has 32 heavy (non-hydrogen) atoms. The molecule has 0 saturated heterocycles. The van der Waals surface area contributed by atoms with Gasteiger partial charge in [0.15, 0.2) is 6.61 Å². The minimum atomic E-state index is -0.795. The molecule has 0 spiro atoms. The van der Waals surface area contributed by atoms with E-state index in [0.29, 0.717) is 22.7 Å². The van der Waals surface area contributed by atoms with E-state index in [4.69, 9.17) is 14.2 Å². The van der Waals surface area contributed by atoms with Gasteiger partial charge in [-0.3, -0.25) is 19.2 Å². The first kappa shape index (κ1) is 24.2. The van der Waals surface area contributed by atoms with E-state index in [0.717, 1.165) is 5.56 Å². The van der Waals surface area contributed by atoms with E-state index < -0.39 is 36.8 Å². The molecule has 2 aromatic carbocycles. The predicted molar refractivity (Wildman–Crippen MR) is 116 cm³/mol. The normalized spacial score (nSPS) is 9.97. The third-order valence-electron chi connectivity index (χ3n) is 4.18. The molecule has 0 aliphatic rings. The van der Waals surface area contributed by atoms with Gasteiger partial charge in [-0.25, -0.2) is 0 Å². The van der Waals surface area contributed by atoms with Crippen LogP contribution in [0, 0.1) is 6.92 Å². The van der Waals surface area contributed by atoms with Crippen molar-refractivity contribution in [3.8, 4) is 11.5 Å². The highest BCUT2D eigenvalue weighted by atomic mass is 16.5. The van der Waals surface area contributed by atoms with E-state index in [1.165, 1.54) is 14.2 Å². The van der Waals surface area contributed by atoms with Gasteiger partial charge in [0.2, 0.25) is 5.91 Å². The van der Waals surface area contributed by atoms with Crippen molar-refractivity contribution in [2.45, 2.75) is 6.92 Å². The Hall–Kier alpha value is -4.08. The number of ether oxygens (including phenoxy) is 3. The van der Waals surface area contributed by atoms with Crippen LogP contribution in [0.1, 0.15) is 15.9 Å². The summed E-state index contributed by atoms with van der Waals surface area (Å²) < 4.78 is 15.0. The van der Waals surface area contributed by atoms with E-state index in [1.807, 2.05) is 13.0 Å². The van der Waals surface area contributed by atoms with Crippen molar-refractivity contribution in [2.24, 2.45) is 0 Å². The number of aryl methyl sites for hydroxylation is 1. The number of carbonyl (C=O) groups excluding carboxylic acids is 4. The summed E-state index contributed by atoms with van der Waals surface area (Å²) in [5, 5.41) is 7.37. The average molecular weight is 443 g/mol. The maximum Gasteiger partial charge on any atom is 0.325 e. The predicted octanol–water partition coefficient (Wildman–Crippen LogP) is 1.04. The van der Waals surface area contributed by atoms with Gasteiger partial charge in [0.05, 0.1) is 26.5 Å². The first-order chi connectivity index (χ1) is 15.3. The molecule has 0 unspecified atom stereocenters. The lowest BCUT2D eigenvalue weighted by molar-refractivity contribution is -0.147. The number of esters is 1. The quantitative estimate of drug-likeness (QED) is 0.468. The molecular formula is C22H25N3O7. The van der Waals surface area contributed by atoms with E-state index >= 15 is 0 Å².